The number of fused-ring (bicyclic) bond motifs is 1. The zero-order valence-electron chi connectivity index (χ0n) is 12.8. The number of hydrogen-bond acceptors (Lipinski definition) is 3. The first-order chi connectivity index (χ1) is 11.4. The summed E-state index contributed by atoms with van der Waals surface area (Å²) in [5.74, 6) is -0.131. The first kappa shape index (κ1) is 16.6. The Hall–Kier alpha value is -2.24. The van der Waals surface area contributed by atoms with Crippen molar-refractivity contribution in [3.05, 3.63) is 52.0 Å². The lowest BCUT2D eigenvalue weighted by Gasteiger charge is -2.29. The van der Waals surface area contributed by atoms with Crippen LogP contribution in [0.1, 0.15) is 5.56 Å². The molecule has 1 N–H and O–H groups in total. The third kappa shape index (κ3) is 3.47. The Morgan fingerprint density at radius 3 is 2.71 bits per heavy atom. The smallest absolute Gasteiger partial charge is 0.265 e. The summed E-state index contributed by atoms with van der Waals surface area (Å²) in [7, 11) is 0. The topological polar surface area (TPSA) is 58.6 Å². The van der Waals surface area contributed by atoms with Gasteiger partial charge in [0.1, 0.15) is 12.3 Å². The molecule has 5 nitrogen and oxygen atoms in total. The summed E-state index contributed by atoms with van der Waals surface area (Å²) in [4.78, 5) is 25.8. The van der Waals surface area contributed by atoms with Crippen LogP contribution in [0.25, 0.3) is 0 Å². The van der Waals surface area contributed by atoms with Crippen molar-refractivity contribution >= 4 is 46.4 Å². The van der Waals surface area contributed by atoms with Crippen LogP contribution in [-0.4, -0.2) is 25.0 Å². The van der Waals surface area contributed by atoms with Crippen LogP contribution in [0.3, 0.4) is 0 Å². The van der Waals surface area contributed by atoms with Gasteiger partial charge in [0, 0.05) is 21.8 Å². The summed E-state index contributed by atoms with van der Waals surface area (Å²) >= 11 is 11.9. The van der Waals surface area contributed by atoms with Gasteiger partial charge in [-0.2, -0.15) is 0 Å². The second-order valence-corrected chi connectivity index (χ2v) is 6.26. The van der Waals surface area contributed by atoms with Crippen molar-refractivity contribution in [2.24, 2.45) is 0 Å². The fourth-order valence-electron chi connectivity index (χ4n) is 2.41. The van der Waals surface area contributed by atoms with E-state index in [4.69, 9.17) is 27.9 Å². The molecular formula is C17H14Cl2N2O3. The molecule has 0 radical (unpaired) electrons. The highest BCUT2D eigenvalue weighted by Gasteiger charge is 2.27. The number of hydrogen-bond donors (Lipinski definition) is 1. The molecule has 0 fully saturated rings. The number of anilines is 2. The van der Waals surface area contributed by atoms with Crippen molar-refractivity contribution in [2.75, 3.05) is 23.4 Å². The van der Waals surface area contributed by atoms with Crippen LogP contribution in [0.2, 0.25) is 10.0 Å². The maximum absolute atomic E-state index is 12.4. The molecule has 0 saturated heterocycles. The Balaban J connectivity index is 1.79. The van der Waals surface area contributed by atoms with E-state index in [1.807, 2.05) is 13.0 Å². The third-order valence-electron chi connectivity index (χ3n) is 3.64. The monoisotopic (exact) mass is 364 g/mol. The Bertz CT molecular complexity index is 823. The number of nitrogens with one attached hydrogen (secondary N) is 1. The molecule has 0 spiro atoms. The molecule has 0 bridgehead atoms. The van der Waals surface area contributed by atoms with Gasteiger partial charge in [-0.05, 0) is 36.8 Å². The van der Waals surface area contributed by atoms with Crippen LogP contribution in [0, 0.1) is 6.92 Å². The number of benzene rings is 2. The van der Waals surface area contributed by atoms with Crippen LogP contribution >= 0.6 is 23.2 Å². The quantitative estimate of drug-likeness (QED) is 0.903. The lowest BCUT2D eigenvalue weighted by atomic mass is 10.2. The lowest BCUT2D eigenvalue weighted by Crippen LogP contribution is -2.43. The molecule has 1 aliphatic rings. The lowest BCUT2D eigenvalue weighted by molar-refractivity contribution is -0.123. The molecule has 1 aliphatic heterocycles. The van der Waals surface area contributed by atoms with E-state index in [-0.39, 0.29) is 25.0 Å². The fourth-order valence-corrected chi connectivity index (χ4v) is 2.75. The number of rotatable bonds is 3. The molecule has 1 heterocycles. The molecule has 2 aromatic carbocycles. The minimum Gasteiger partial charge on any atom is -0.482 e. The van der Waals surface area contributed by atoms with E-state index >= 15 is 0 Å². The summed E-state index contributed by atoms with van der Waals surface area (Å²) in [6.07, 6.45) is 0. The Labute approximate surface area is 149 Å². The van der Waals surface area contributed by atoms with Gasteiger partial charge in [0.05, 0.1) is 5.69 Å². The SMILES string of the molecule is Cc1ccc(Cl)cc1NC(=O)CN1C(=O)COc2cc(Cl)ccc21. The number of aryl methyl sites for hydroxylation is 1. The predicted molar refractivity (Wildman–Crippen MR) is 94.1 cm³/mol. The summed E-state index contributed by atoms with van der Waals surface area (Å²) in [5.41, 5.74) is 2.02. The Kier molecular flexibility index (Phi) is 4.64. The van der Waals surface area contributed by atoms with E-state index in [0.717, 1.165) is 5.56 Å². The van der Waals surface area contributed by atoms with Crippen LogP contribution in [-0.2, 0) is 9.59 Å². The highest BCUT2D eigenvalue weighted by atomic mass is 35.5. The van der Waals surface area contributed by atoms with E-state index in [1.54, 1.807) is 30.3 Å². The molecule has 0 aliphatic carbocycles. The summed E-state index contributed by atoms with van der Waals surface area (Å²) in [6, 6.07) is 10.2. The molecule has 0 atom stereocenters. The second kappa shape index (κ2) is 6.71. The molecule has 0 unspecified atom stereocenters. The number of halogens is 2. The highest BCUT2D eigenvalue weighted by molar-refractivity contribution is 6.31. The van der Waals surface area contributed by atoms with Gasteiger partial charge < -0.3 is 10.1 Å². The van der Waals surface area contributed by atoms with Gasteiger partial charge in [-0.1, -0.05) is 29.3 Å². The molecule has 124 valence electrons. The zero-order chi connectivity index (χ0) is 17.3. The van der Waals surface area contributed by atoms with E-state index < -0.39 is 0 Å². The Morgan fingerprint density at radius 1 is 1.21 bits per heavy atom. The van der Waals surface area contributed by atoms with Crippen molar-refractivity contribution in [3.8, 4) is 5.75 Å². The van der Waals surface area contributed by atoms with Crippen LogP contribution in [0.5, 0.6) is 5.75 Å². The first-order valence-corrected chi connectivity index (χ1v) is 7.98. The second-order valence-electron chi connectivity index (χ2n) is 5.39. The van der Waals surface area contributed by atoms with Crippen LogP contribution < -0.4 is 15.0 Å². The molecule has 2 aromatic rings. The number of ether oxygens (including phenoxy) is 1. The molecule has 2 amide bonds. The number of amides is 2. The number of nitrogens with zero attached hydrogens (tertiary/aromatic N) is 1. The molecule has 0 saturated carbocycles. The molecule has 0 aromatic heterocycles. The van der Waals surface area contributed by atoms with Gasteiger partial charge in [0.15, 0.2) is 6.61 Å². The van der Waals surface area contributed by atoms with Crippen molar-refractivity contribution < 1.29 is 14.3 Å². The van der Waals surface area contributed by atoms with Crippen molar-refractivity contribution in [2.45, 2.75) is 6.92 Å². The van der Waals surface area contributed by atoms with E-state index in [9.17, 15) is 9.59 Å². The average molecular weight is 365 g/mol. The fraction of sp³-hybridized carbons (Fsp3) is 0.176. The summed E-state index contributed by atoms with van der Waals surface area (Å²) in [6.45, 7) is 1.61. The number of carbonyl (C=O) groups is 2. The van der Waals surface area contributed by atoms with Crippen LogP contribution in [0.4, 0.5) is 11.4 Å². The minimum atomic E-state index is -0.323. The maximum Gasteiger partial charge on any atom is 0.265 e. The largest absolute Gasteiger partial charge is 0.482 e. The van der Waals surface area contributed by atoms with Gasteiger partial charge in [0.2, 0.25) is 5.91 Å². The van der Waals surface area contributed by atoms with Crippen molar-refractivity contribution in [3.63, 3.8) is 0 Å². The summed E-state index contributed by atoms with van der Waals surface area (Å²) < 4.78 is 5.36. The molecule has 24 heavy (non-hydrogen) atoms. The van der Waals surface area contributed by atoms with E-state index in [1.165, 1.54) is 4.90 Å². The zero-order valence-corrected chi connectivity index (χ0v) is 14.3. The van der Waals surface area contributed by atoms with E-state index in [2.05, 4.69) is 5.32 Å². The average Bonchev–Trinajstić information content (AvgIpc) is 2.53. The van der Waals surface area contributed by atoms with Gasteiger partial charge in [-0.15, -0.1) is 0 Å². The van der Waals surface area contributed by atoms with Gasteiger partial charge in [-0.3, -0.25) is 14.5 Å². The van der Waals surface area contributed by atoms with Gasteiger partial charge in [-0.25, -0.2) is 0 Å². The predicted octanol–water partition coefficient (Wildman–Crippen LogP) is 3.67. The van der Waals surface area contributed by atoms with Crippen LogP contribution in [0.15, 0.2) is 36.4 Å². The van der Waals surface area contributed by atoms with Gasteiger partial charge in [0.25, 0.3) is 5.91 Å². The number of carbonyl (C=O) groups excluding carboxylic acids is 2. The van der Waals surface area contributed by atoms with E-state index in [0.29, 0.717) is 27.2 Å². The highest BCUT2D eigenvalue weighted by Crippen LogP contribution is 2.34. The molecular weight excluding hydrogens is 351 g/mol. The van der Waals surface area contributed by atoms with Gasteiger partial charge >= 0.3 is 0 Å². The van der Waals surface area contributed by atoms with Crippen molar-refractivity contribution in [1.82, 2.24) is 0 Å². The van der Waals surface area contributed by atoms with Crippen molar-refractivity contribution in [1.29, 1.82) is 0 Å². The third-order valence-corrected chi connectivity index (χ3v) is 4.11. The minimum absolute atomic E-state index is 0.122. The normalized spacial score (nSPS) is 13.3. The molecule has 7 heteroatoms. The Morgan fingerprint density at radius 2 is 1.92 bits per heavy atom. The first-order valence-electron chi connectivity index (χ1n) is 7.23. The summed E-state index contributed by atoms with van der Waals surface area (Å²) in [5, 5.41) is 3.81. The molecule has 3 rings (SSSR count). The standard InChI is InChI=1S/C17H14Cl2N2O3/c1-10-2-3-11(18)6-13(10)20-16(22)8-21-14-5-4-12(19)7-15(14)24-9-17(21)23/h2-7H,8-9H2,1H3,(H,20,22). The maximum atomic E-state index is 12.4.